The van der Waals surface area contributed by atoms with Gasteiger partial charge in [-0.15, -0.1) is 0 Å². The quantitative estimate of drug-likeness (QED) is 0.238. The number of aliphatic hydroxyl groups excluding tert-OH is 1. The Morgan fingerprint density at radius 1 is 1.03 bits per heavy atom. The van der Waals surface area contributed by atoms with Crippen molar-refractivity contribution in [3.8, 4) is 0 Å². The topological polar surface area (TPSA) is 83.6 Å². The first-order chi connectivity index (χ1) is 18.5. The van der Waals surface area contributed by atoms with Gasteiger partial charge in [0, 0.05) is 5.39 Å². The molecular weight excluding hydrogens is 508 g/mol. The minimum absolute atomic E-state index is 0.0188. The van der Waals surface area contributed by atoms with Gasteiger partial charge < -0.3 is 9.52 Å². The Morgan fingerprint density at radius 3 is 2.44 bits per heavy atom. The number of ketones is 1. The van der Waals surface area contributed by atoms with E-state index in [1.54, 1.807) is 12.1 Å². The van der Waals surface area contributed by atoms with Crippen molar-refractivity contribution in [2.75, 3.05) is 4.90 Å². The van der Waals surface area contributed by atoms with Gasteiger partial charge in [0.2, 0.25) is 5.78 Å². The van der Waals surface area contributed by atoms with Crippen LogP contribution in [0.3, 0.4) is 0 Å². The van der Waals surface area contributed by atoms with E-state index in [9.17, 15) is 14.7 Å². The number of benzene rings is 3. The van der Waals surface area contributed by atoms with Crippen molar-refractivity contribution in [1.29, 1.82) is 0 Å². The molecule has 3 heterocycles. The molecule has 7 heteroatoms. The average Bonchev–Trinajstić information content (AvgIpc) is 3.58. The number of furan rings is 1. The Labute approximate surface area is 230 Å². The molecule has 0 fully saturated rings. The second-order valence-electron chi connectivity index (χ2n) is 11.1. The summed E-state index contributed by atoms with van der Waals surface area (Å²) < 4.78 is 6.79. The summed E-state index contributed by atoms with van der Waals surface area (Å²) in [4.78, 5) is 33.8. The number of hydrogen-bond donors (Lipinski definition) is 1. The van der Waals surface area contributed by atoms with E-state index >= 15 is 0 Å². The minimum atomic E-state index is -0.866. The molecule has 1 unspecified atom stereocenters. The Morgan fingerprint density at radius 2 is 1.74 bits per heavy atom. The fraction of sp³-hybridized carbons (Fsp3) is 0.219. The molecule has 1 amide bonds. The lowest BCUT2D eigenvalue weighted by molar-refractivity contribution is -0.117. The van der Waals surface area contributed by atoms with E-state index in [1.807, 2.05) is 68.4 Å². The first kappa shape index (κ1) is 25.1. The fourth-order valence-electron chi connectivity index (χ4n) is 5.20. The van der Waals surface area contributed by atoms with Crippen molar-refractivity contribution >= 4 is 49.3 Å². The van der Waals surface area contributed by atoms with Crippen LogP contribution in [0.5, 0.6) is 0 Å². The number of amides is 1. The highest BCUT2D eigenvalue weighted by molar-refractivity contribution is 7.22. The summed E-state index contributed by atoms with van der Waals surface area (Å²) in [6.07, 6.45) is 0. The Hall–Kier alpha value is -4.23. The predicted molar refractivity (Wildman–Crippen MR) is 155 cm³/mol. The van der Waals surface area contributed by atoms with Gasteiger partial charge in [0.15, 0.2) is 16.7 Å². The van der Waals surface area contributed by atoms with Crippen molar-refractivity contribution < 1.29 is 19.1 Å². The molecule has 1 N–H and O–H groups in total. The summed E-state index contributed by atoms with van der Waals surface area (Å²) in [6.45, 7) is 10.4. The SMILES string of the molecule is Cc1cc(C)c2nc(N3C(=O)C(O)=C(C(=O)c4cc5ccccc5o4)C3c3ccc(C(C)(C)C)cc3)sc2c1. The summed E-state index contributed by atoms with van der Waals surface area (Å²) in [6, 6.07) is 20.0. The third kappa shape index (κ3) is 4.14. The van der Waals surface area contributed by atoms with Gasteiger partial charge in [-0.05, 0) is 59.7 Å². The van der Waals surface area contributed by atoms with Gasteiger partial charge in [0.05, 0.1) is 21.8 Å². The van der Waals surface area contributed by atoms with Crippen molar-refractivity contribution in [2.24, 2.45) is 0 Å². The molecule has 0 bridgehead atoms. The molecule has 196 valence electrons. The van der Waals surface area contributed by atoms with Crippen LogP contribution in [-0.2, 0) is 10.2 Å². The van der Waals surface area contributed by atoms with Crippen LogP contribution in [-0.4, -0.2) is 21.8 Å². The van der Waals surface area contributed by atoms with Gasteiger partial charge in [-0.2, -0.15) is 0 Å². The van der Waals surface area contributed by atoms with E-state index in [-0.39, 0.29) is 16.7 Å². The lowest BCUT2D eigenvalue weighted by Crippen LogP contribution is -2.31. The number of aliphatic hydroxyl groups is 1. The molecule has 39 heavy (non-hydrogen) atoms. The molecular formula is C32H28N2O4S. The molecule has 2 aromatic heterocycles. The van der Waals surface area contributed by atoms with Crippen molar-refractivity contribution in [2.45, 2.75) is 46.1 Å². The van der Waals surface area contributed by atoms with Crippen LogP contribution in [0.1, 0.15) is 59.6 Å². The normalized spacial score (nSPS) is 16.2. The van der Waals surface area contributed by atoms with E-state index in [4.69, 9.17) is 9.40 Å². The summed E-state index contributed by atoms with van der Waals surface area (Å²) >= 11 is 1.37. The summed E-state index contributed by atoms with van der Waals surface area (Å²) in [5, 5.41) is 12.4. The second kappa shape index (κ2) is 8.92. The maximum absolute atomic E-state index is 13.9. The molecule has 3 aromatic carbocycles. The maximum atomic E-state index is 13.9. The number of nitrogens with zero attached hydrogens (tertiary/aromatic N) is 2. The minimum Gasteiger partial charge on any atom is -0.503 e. The molecule has 1 atom stereocenters. The number of aryl methyl sites for hydroxylation is 2. The molecule has 0 radical (unpaired) electrons. The first-order valence-electron chi connectivity index (χ1n) is 12.8. The van der Waals surface area contributed by atoms with Crippen LogP contribution in [0.2, 0.25) is 0 Å². The predicted octanol–water partition coefficient (Wildman–Crippen LogP) is 7.74. The number of thiazole rings is 1. The van der Waals surface area contributed by atoms with Crippen LogP contribution < -0.4 is 4.90 Å². The van der Waals surface area contributed by atoms with Crippen LogP contribution in [0.15, 0.2) is 82.5 Å². The molecule has 1 aliphatic rings. The zero-order chi connectivity index (χ0) is 27.6. The third-order valence-electron chi connectivity index (χ3n) is 7.22. The molecule has 1 aliphatic heterocycles. The van der Waals surface area contributed by atoms with Crippen molar-refractivity contribution in [3.05, 3.63) is 106 Å². The number of hydrogen-bond acceptors (Lipinski definition) is 6. The summed E-state index contributed by atoms with van der Waals surface area (Å²) in [5.41, 5.74) is 5.18. The largest absolute Gasteiger partial charge is 0.503 e. The monoisotopic (exact) mass is 536 g/mol. The van der Waals surface area contributed by atoms with Gasteiger partial charge in [0.1, 0.15) is 5.58 Å². The van der Waals surface area contributed by atoms with Crippen LogP contribution >= 0.6 is 11.3 Å². The molecule has 6 nitrogen and oxygen atoms in total. The highest BCUT2D eigenvalue weighted by Crippen LogP contribution is 2.45. The zero-order valence-electron chi connectivity index (χ0n) is 22.4. The lowest BCUT2D eigenvalue weighted by Gasteiger charge is -2.25. The maximum Gasteiger partial charge on any atom is 0.296 e. The van der Waals surface area contributed by atoms with E-state index in [2.05, 4.69) is 20.8 Å². The zero-order valence-corrected chi connectivity index (χ0v) is 23.2. The molecule has 0 saturated carbocycles. The molecule has 6 rings (SSSR count). The molecule has 5 aromatic rings. The molecule has 0 spiro atoms. The Kier molecular flexibility index (Phi) is 5.73. The van der Waals surface area contributed by atoms with Crippen molar-refractivity contribution in [3.63, 3.8) is 0 Å². The van der Waals surface area contributed by atoms with Crippen LogP contribution in [0, 0.1) is 13.8 Å². The second-order valence-corrected chi connectivity index (χ2v) is 12.1. The number of fused-ring (bicyclic) bond motifs is 2. The average molecular weight is 537 g/mol. The van der Waals surface area contributed by atoms with E-state index < -0.39 is 23.5 Å². The van der Waals surface area contributed by atoms with E-state index in [0.717, 1.165) is 32.3 Å². The van der Waals surface area contributed by atoms with Crippen molar-refractivity contribution in [1.82, 2.24) is 4.98 Å². The van der Waals surface area contributed by atoms with Gasteiger partial charge >= 0.3 is 0 Å². The van der Waals surface area contributed by atoms with E-state index in [0.29, 0.717) is 16.3 Å². The third-order valence-corrected chi connectivity index (χ3v) is 8.22. The number of carbonyl (C=O) groups excluding carboxylic acids is 2. The lowest BCUT2D eigenvalue weighted by atomic mass is 9.85. The Balaban J connectivity index is 1.52. The molecule has 0 saturated heterocycles. The molecule has 0 aliphatic carbocycles. The van der Waals surface area contributed by atoms with Crippen LogP contribution in [0.25, 0.3) is 21.2 Å². The highest BCUT2D eigenvalue weighted by atomic mass is 32.1. The number of para-hydroxylation sites is 1. The number of aromatic nitrogens is 1. The van der Waals surface area contributed by atoms with Crippen LogP contribution in [0.4, 0.5) is 5.13 Å². The first-order valence-corrected chi connectivity index (χ1v) is 13.6. The number of carbonyl (C=O) groups is 2. The number of rotatable bonds is 4. The van der Waals surface area contributed by atoms with Gasteiger partial charge in [-0.25, -0.2) is 4.98 Å². The fourth-order valence-corrected chi connectivity index (χ4v) is 6.37. The van der Waals surface area contributed by atoms with Gasteiger partial charge in [-0.3, -0.25) is 14.5 Å². The van der Waals surface area contributed by atoms with E-state index in [1.165, 1.54) is 16.2 Å². The smallest absolute Gasteiger partial charge is 0.296 e. The number of anilines is 1. The Bertz CT molecular complexity index is 1790. The van der Waals surface area contributed by atoms with Gasteiger partial charge in [0.25, 0.3) is 5.91 Å². The standard InChI is InChI=1S/C32H28N2O4S/c1-17-14-18(2)26-24(15-17)39-31(33-26)34-27(19-10-12-21(13-11-19)32(3,4)5)25(29(36)30(34)37)28(35)23-16-20-8-6-7-9-22(20)38-23/h6-16,27,36H,1-5H3. The highest BCUT2D eigenvalue weighted by Gasteiger charge is 2.46. The number of Topliss-reactive ketones (excluding diaryl/α,β-unsaturated/α-hetero) is 1. The summed E-state index contributed by atoms with van der Waals surface area (Å²) in [7, 11) is 0. The van der Waals surface area contributed by atoms with Gasteiger partial charge in [-0.1, -0.05) is 80.6 Å². The summed E-state index contributed by atoms with van der Waals surface area (Å²) in [5.74, 6) is -1.71.